The molecule has 132 valence electrons. The minimum Gasteiger partial charge on any atom is -0.497 e. The van der Waals surface area contributed by atoms with Gasteiger partial charge in [-0.05, 0) is 35.9 Å². The van der Waals surface area contributed by atoms with E-state index in [0.717, 1.165) is 28.8 Å². The predicted octanol–water partition coefficient (Wildman–Crippen LogP) is 2.43. The van der Waals surface area contributed by atoms with Crippen molar-refractivity contribution >= 4 is 16.8 Å². The number of ether oxygens (including phenoxy) is 1. The van der Waals surface area contributed by atoms with Crippen LogP contribution in [0.15, 0.2) is 54.9 Å². The van der Waals surface area contributed by atoms with Crippen molar-refractivity contribution in [3.63, 3.8) is 0 Å². The number of fused-ring (bicyclic) bond motifs is 1. The third-order valence-corrected chi connectivity index (χ3v) is 4.69. The number of methoxy groups -OCH3 is 1. The van der Waals surface area contributed by atoms with Gasteiger partial charge in [-0.3, -0.25) is 9.78 Å². The molecule has 1 amide bonds. The first-order valence-corrected chi connectivity index (χ1v) is 8.62. The van der Waals surface area contributed by atoms with E-state index in [9.17, 15) is 4.79 Å². The Balaban J connectivity index is 1.66. The van der Waals surface area contributed by atoms with Crippen molar-refractivity contribution in [2.45, 2.75) is 6.04 Å². The van der Waals surface area contributed by atoms with Gasteiger partial charge in [-0.1, -0.05) is 12.1 Å². The van der Waals surface area contributed by atoms with E-state index < -0.39 is 0 Å². The van der Waals surface area contributed by atoms with Crippen LogP contribution in [0.25, 0.3) is 10.9 Å². The minimum absolute atomic E-state index is 0.0432. The van der Waals surface area contributed by atoms with Crippen LogP contribution < -0.4 is 10.1 Å². The molecule has 1 atom stereocenters. The molecule has 1 aliphatic rings. The SMILES string of the molecule is COc1ccc2nc(C(=O)N3CCNCC3c3cccnc3)ccc2c1. The minimum atomic E-state index is -0.0573. The maximum atomic E-state index is 13.1. The summed E-state index contributed by atoms with van der Waals surface area (Å²) >= 11 is 0. The molecular weight excluding hydrogens is 328 g/mol. The van der Waals surface area contributed by atoms with Crippen LogP contribution in [0.4, 0.5) is 0 Å². The summed E-state index contributed by atoms with van der Waals surface area (Å²) in [7, 11) is 1.63. The van der Waals surface area contributed by atoms with Crippen molar-refractivity contribution in [3.8, 4) is 5.75 Å². The van der Waals surface area contributed by atoms with Gasteiger partial charge in [0.05, 0.1) is 18.7 Å². The molecule has 1 aliphatic heterocycles. The number of hydrogen-bond acceptors (Lipinski definition) is 5. The smallest absolute Gasteiger partial charge is 0.273 e. The molecule has 0 spiro atoms. The molecule has 6 nitrogen and oxygen atoms in total. The zero-order valence-corrected chi connectivity index (χ0v) is 14.6. The Hall–Kier alpha value is -2.99. The molecule has 3 heterocycles. The molecule has 1 unspecified atom stereocenters. The number of hydrogen-bond donors (Lipinski definition) is 1. The molecule has 2 aromatic heterocycles. The molecule has 6 heteroatoms. The van der Waals surface area contributed by atoms with Gasteiger partial charge in [0.1, 0.15) is 11.4 Å². The molecule has 0 bridgehead atoms. The van der Waals surface area contributed by atoms with Gasteiger partial charge in [0.15, 0.2) is 0 Å². The van der Waals surface area contributed by atoms with Crippen LogP contribution in [-0.2, 0) is 0 Å². The fourth-order valence-electron chi connectivity index (χ4n) is 3.32. The highest BCUT2D eigenvalue weighted by Gasteiger charge is 2.29. The number of benzene rings is 1. The van der Waals surface area contributed by atoms with Gasteiger partial charge in [0.25, 0.3) is 5.91 Å². The predicted molar refractivity (Wildman–Crippen MR) is 99.2 cm³/mol. The van der Waals surface area contributed by atoms with Crippen LogP contribution in [0.1, 0.15) is 22.1 Å². The summed E-state index contributed by atoms with van der Waals surface area (Å²) in [5.41, 5.74) is 2.27. The van der Waals surface area contributed by atoms with E-state index in [1.54, 1.807) is 19.4 Å². The van der Waals surface area contributed by atoms with Gasteiger partial charge in [-0.25, -0.2) is 4.98 Å². The lowest BCUT2D eigenvalue weighted by Crippen LogP contribution is -2.48. The number of nitrogens with zero attached hydrogens (tertiary/aromatic N) is 3. The van der Waals surface area contributed by atoms with Crippen LogP contribution in [-0.4, -0.2) is 47.5 Å². The van der Waals surface area contributed by atoms with Crippen LogP contribution in [0.2, 0.25) is 0 Å². The first-order chi connectivity index (χ1) is 12.8. The van der Waals surface area contributed by atoms with E-state index in [0.29, 0.717) is 18.8 Å². The highest BCUT2D eigenvalue weighted by molar-refractivity contribution is 5.95. The summed E-state index contributed by atoms with van der Waals surface area (Å²) in [6, 6.07) is 13.2. The molecular formula is C20H20N4O2. The molecule has 1 N–H and O–H groups in total. The summed E-state index contributed by atoms with van der Waals surface area (Å²) in [4.78, 5) is 23.8. The summed E-state index contributed by atoms with van der Waals surface area (Å²) in [5.74, 6) is 0.718. The quantitative estimate of drug-likeness (QED) is 0.787. The number of carbonyl (C=O) groups excluding carboxylic acids is 1. The largest absolute Gasteiger partial charge is 0.497 e. The number of amides is 1. The van der Waals surface area contributed by atoms with Gasteiger partial charge < -0.3 is 15.0 Å². The Morgan fingerprint density at radius 1 is 1.27 bits per heavy atom. The molecule has 1 aromatic carbocycles. The average Bonchev–Trinajstić information content (AvgIpc) is 2.73. The van der Waals surface area contributed by atoms with E-state index in [1.165, 1.54) is 0 Å². The average molecular weight is 348 g/mol. The highest BCUT2D eigenvalue weighted by atomic mass is 16.5. The Kier molecular flexibility index (Phi) is 4.50. The second-order valence-electron chi connectivity index (χ2n) is 6.26. The Morgan fingerprint density at radius 3 is 3.00 bits per heavy atom. The van der Waals surface area contributed by atoms with E-state index >= 15 is 0 Å². The summed E-state index contributed by atoms with van der Waals surface area (Å²) in [6.07, 6.45) is 3.56. The van der Waals surface area contributed by atoms with Crippen LogP contribution >= 0.6 is 0 Å². The third-order valence-electron chi connectivity index (χ3n) is 4.69. The summed E-state index contributed by atoms with van der Waals surface area (Å²) < 4.78 is 5.24. The van der Waals surface area contributed by atoms with Crippen molar-refractivity contribution in [2.24, 2.45) is 0 Å². The normalized spacial score (nSPS) is 17.3. The summed E-state index contributed by atoms with van der Waals surface area (Å²) in [5, 5.41) is 4.31. The first-order valence-electron chi connectivity index (χ1n) is 8.62. The lowest BCUT2D eigenvalue weighted by Gasteiger charge is -2.36. The molecule has 0 aliphatic carbocycles. The van der Waals surface area contributed by atoms with Crippen LogP contribution in [0.5, 0.6) is 5.75 Å². The second-order valence-corrected chi connectivity index (χ2v) is 6.26. The van der Waals surface area contributed by atoms with E-state index in [4.69, 9.17) is 4.74 Å². The van der Waals surface area contributed by atoms with Crippen molar-refractivity contribution in [1.29, 1.82) is 0 Å². The maximum Gasteiger partial charge on any atom is 0.273 e. The number of piperazine rings is 1. The first kappa shape index (κ1) is 16.5. The number of pyridine rings is 2. The third kappa shape index (κ3) is 3.11. The van der Waals surface area contributed by atoms with Crippen molar-refractivity contribution in [2.75, 3.05) is 26.7 Å². The fraction of sp³-hybridized carbons (Fsp3) is 0.250. The lowest BCUT2D eigenvalue weighted by molar-refractivity contribution is 0.0628. The van der Waals surface area contributed by atoms with E-state index in [1.807, 2.05) is 47.5 Å². The number of carbonyl (C=O) groups is 1. The van der Waals surface area contributed by atoms with Gasteiger partial charge in [0.2, 0.25) is 0 Å². The highest BCUT2D eigenvalue weighted by Crippen LogP contribution is 2.25. The molecule has 0 saturated carbocycles. The zero-order chi connectivity index (χ0) is 17.9. The van der Waals surface area contributed by atoms with E-state index in [2.05, 4.69) is 15.3 Å². The molecule has 1 fully saturated rings. The van der Waals surface area contributed by atoms with Gasteiger partial charge in [-0.15, -0.1) is 0 Å². The van der Waals surface area contributed by atoms with Crippen molar-refractivity contribution < 1.29 is 9.53 Å². The Morgan fingerprint density at radius 2 is 2.19 bits per heavy atom. The van der Waals surface area contributed by atoms with Gasteiger partial charge in [0, 0.05) is 37.4 Å². The lowest BCUT2D eigenvalue weighted by atomic mass is 10.0. The number of nitrogens with one attached hydrogen (secondary N) is 1. The van der Waals surface area contributed by atoms with Crippen LogP contribution in [0, 0.1) is 0 Å². The monoisotopic (exact) mass is 348 g/mol. The fourth-order valence-corrected chi connectivity index (χ4v) is 3.32. The van der Waals surface area contributed by atoms with E-state index in [-0.39, 0.29) is 11.9 Å². The number of rotatable bonds is 3. The number of aromatic nitrogens is 2. The Bertz CT molecular complexity index is 930. The topological polar surface area (TPSA) is 67.3 Å². The van der Waals surface area contributed by atoms with Crippen molar-refractivity contribution in [3.05, 3.63) is 66.1 Å². The molecule has 4 rings (SSSR count). The standard InChI is InChI=1S/C20H20N4O2/c1-26-16-5-7-17-14(11-16)4-6-18(23-17)20(25)24-10-9-22-13-19(24)15-3-2-8-21-12-15/h2-8,11-12,19,22H,9-10,13H2,1H3. The molecule has 1 saturated heterocycles. The second kappa shape index (κ2) is 7.09. The van der Waals surface area contributed by atoms with Crippen molar-refractivity contribution in [1.82, 2.24) is 20.2 Å². The maximum absolute atomic E-state index is 13.1. The summed E-state index contributed by atoms with van der Waals surface area (Å²) in [6.45, 7) is 2.12. The van der Waals surface area contributed by atoms with Crippen LogP contribution in [0.3, 0.4) is 0 Å². The zero-order valence-electron chi connectivity index (χ0n) is 14.6. The molecule has 3 aromatic rings. The molecule has 26 heavy (non-hydrogen) atoms. The molecule has 0 radical (unpaired) electrons. The Labute approximate surface area is 151 Å². The van der Waals surface area contributed by atoms with Gasteiger partial charge in [-0.2, -0.15) is 0 Å². The van der Waals surface area contributed by atoms with Gasteiger partial charge >= 0.3 is 0 Å².